The molecule has 3 heteroatoms. The van der Waals surface area contributed by atoms with Gasteiger partial charge in [-0.1, -0.05) is 32.6 Å². The Labute approximate surface area is 120 Å². The van der Waals surface area contributed by atoms with Crippen molar-refractivity contribution >= 4 is 0 Å². The third-order valence-electron chi connectivity index (χ3n) is 4.34. The van der Waals surface area contributed by atoms with Gasteiger partial charge in [0.25, 0.3) is 0 Å². The van der Waals surface area contributed by atoms with Crippen LogP contribution in [0.3, 0.4) is 0 Å². The Balaban J connectivity index is 2.46. The largest absolute Gasteiger partial charge is 0.380 e. The number of hydrogen-bond donors (Lipinski definition) is 1. The molecule has 0 bridgehead atoms. The van der Waals surface area contributed by atoms with Gasteiger partial charge in [0.1, 0.15) is 0 Å². The van der Waals surface area contributed by atoms with E-state index in [9.17, 15) is 0 Å². The average Bonchev–Trinajstić information content (AvgIpc) is 2.63. The molecular formula is C16H34N2O. The minimum atomic E-state index is 0.494. The van der Waals surface area contributed by atoms with E-state index in [4.69, 9.17) is 4.74 Å². The van der Waals surface area contributed by atoms with E-state index >= 15 is 0 Å². The Kier molecular flexibility index (Phi) is 8.67. The van der Waals surface area contributed by atoms with Crippen molar-refractivity contribution in [1.82, 2.24) is 10.2 Å². The fraction of sp³-hybridized carbons (Fsp3) is 1.00. The molecule has 1 N–H and O–H groups in total. The van der Waals surface area contributed by atoms with Crippen molar-refractivity contribution in [1.29, 1.82) is 0 Å². The molecule has 0 atom stereocenters. The molecule has 3 nitrogen and oxygen atoms in total. The second-order valence-corrected chi connectivity index (χ2v) is 6.13. The molecule has 0 heterocycles. The van der Waals surface area contributed by atoms with Crippen LogP contribution in [0.25, 0.3) is 0 Å². The minimum absolute atomic E-state index is 0.494. The Hall–Kier alpha value is -0.120. The molecule has 0 aromatic rings. The summed E-state index contributed by atoms with van der Waals surface area (Å²) >= 11 is 0. The van der Waals surface area contributed by atoms with Gasteiger partial charge in [0.15, 0.2) is 0 Å². The van der Waals surface area contributed by atoms with E-state index < -0.39 is 0 Å². The maximum absolute atomic E-state index is 5.47. The molecule has 0 aromatic heterocycles. The lowest BCUT2D eigenvalue weighted by Crippen LogP contribution is -2.43. The first-order valence-corrected chi connectivity index (χ1v) is 8.19. The molecule has 1 aliphatic rings. The Bertz CT molecular complexity index is 213. The zero-order chi connectivity index (χ0) is 14.0. The van der Waals surface area contributed by atoms with Crippen molar-refractivity contribution in [3.8, 4) is 0 Å². The van der Waals surface area contributed by atoms with Gasteiger partial charge in [-0.05, 0) is 38.8 Å². The Morgan fingerprint density at radius 2 is 1.79 bits per heavy atom. The molecule has 0 aromatic carbocycles. The molecule has 0 radical (unpaired) electrons. The van der Waals surface area contributed by atoms with E-state index in [0.29, 0.717) is 5.41 Å². The summed E-state index contributed by atoms with van der Waals surface area (Å²) in [6, 6.07) is 0. The fourth-order valence-corrected chi connectivity index (χ4v) is 3.28. The molecule has 1 rings (SSSR count). The summed E-state index contributed by atoms with van der Waals surface area (Å²) in [6.45, 7) is 10.5. The number of nitrogens with zero attached hydrogens (tertiary/aromatic N) is 1. The summed E-state index contributed by atoms with van der Waals surface area (Å²) in [5, 5.41) is 3.60. The Morgan fingerprint density at radius 3 is 2.37 bits per heavy atom. The van der Waals surface area contributed by atoms with Crippen LogP contribution in [0.1, 0.15) is 52.4 Å². The van der Waals surface area contributed by atoms with Crippen molar-refractivity contribution in [2.75, 3.05) is 46.4 Å². The summed E-state index contributed by atoms with van der Waals surface area (Å²) in [7, 11) is 2.25. The number of hydrogen-bond acceptors (Lipinski definition) is 3. The van der Waals surface area contributed by atoms with Crippen LogP contribution in [0.4, 0.5) is 0 Å². The van der Waals surface area contributed by atoms with Crippen LogP contribution in [0.15, 0.2) is 0 Å². The van der Waals surface area contributed by atoms with Crippen LogP contribution in [-0.4, -0.2) is 51.3 Å². The SMILES string of the molecule is CCNCC1(CN(C)CCOCC)CCCCCC1. The molecule has 0 saturated heterocycles. The van der Waals surface area contributed by atoms with E-state index in [1.54, 1.807) is 0 Å². The van der Waals surface area contributed by atoms with Crippen LogP contribution in [0, 0.1) is 5.41 Å². The monoisotopic (exact) mass is 270 g/mol. The van der Waals surface area contributed by atoms with Gasteiger partial charge in [-0.15, -0.1) is 0 Å². The predicted molar refractivity (Wildman–Crippen MR) is 82.7 cm³/mol. The number of ether oxygens (including phenoxy) is 1. The highest BCUT2D eigenvalue weighted by atomic mass is 16.5. The number of nitrogens with one attached hydrogen (secondary N) is 1. The first kappa shape index (κ1) is 16.9. The molecule has 19 heavy (non-hydrogen) atoms. The van der Waals surface area contributed by atoms with Crippen molar-refractivity contribution in [2.24, 2.45) is 5.41 Å². The molecular weight excluding hydrogens is 236 g/mol. The minimum Gasteiger partial charge on any atom is -0.380 e. The average molecular weight is 270 g/mol. The summed E-state index contributed by atoms with van der Waals surface area (Å²) in [6.07, 6.45) is 8.44. The third kappa shape index (κ3) is 6.73. The Morgan fingerprint density at radius 1 is 1.11 bits per heavy atom. The number of rotatable bonds is 9. The van der Waals surface area contributed by atoms with Crippen molar-refractivity contribution in [2.45, 2.75) is 52.4 Å². The topological polar surface area (TPSA) is 24.5 Å². The number of likely N-dealkylation sites (N-methyl/N-ethyl adjacent to an activating group) is 1. The molecule has 0 unspecified atom stereocenters. The molecule has 0 aliphatic heterocycles. The summed E-state index contributed by atoms with van der Waals surface area (Å²) in [5.41, 5.74) is 0.494. The summed E-state index contributed by atoms with van der Waals surface area (Å²) < 4.78 is 5.47. The highest BCUT2D eigenvalue weighted by Gasteiger charge is 2.31. The van der Waals surface area contributed by atoms with Gasteiger partial charge in [0, 0.05) is 26.2 Å². The van der Waals surface area contributed by atoms with Gasteiger partial charge in [0.2, 0.25) is 0 Å². The van der Waals surface area contributed by atoms with Gasteiger partial charge in [-0.25, -0.2) is 0 Å². The van der Waals surface area contributed by atoms with E-state index in [1.807, 2.05) is 0 Å². The summed E-state index contributed by atoms with van der Waals surface area (Å²) in [5.74, 6) is 0. The molecule has 0 spiro atoms. The quantitative estimate of drug-likeness (QED) is 0.515. The first-order valence-electron chi connectivity index (χ1n) is 8.19. The van der Waals surface area contributed by atoms with Crippen molar-refractivity contribution in [3.63, 3.8) is 0 Å². The van der Waals surface area contributed by atoms with Crippen molar-refractivity contribution < 1.29 is 4.74 Å². The molecule has 0 amide bonds. The van der Waals surface area contributed by atoms with Crippen LogP contribution in [0.5, 0.6) is 0 Å². The van der Waals surface area contributed by atoms with Crippen LogP contribution < -0.4 is 5.32 Å². The zero-order valence-electron chi connectivity index (χ0n) is 13.3. The molecule has 1 aliphatic carbocycles. The van der Waals surface area contributed by atoms with E-state index in [-0.39, 0.29) is 0 Å². The normalized spacial score (nSPS) is 19.6. The van der Waals surface area contributed by atoms with Crippen molar-refractivity contribution in [3.05, 3.63) is 0 Å². The fourth-order valence-electron chi connectivity index (χ4n) is 3.28. The maximum Gasteiger partial charge on any atom is 0.0593 e. The van der Waals surface area contributed by atoms with Gasteiger partial charge in [-0.2, -0.15) is 0 Å². The highest BCUT2D eigenvalue weighted by Crippen LogP contribution is 2.35. The molecule has 1 fully saturated rings. The maximum atomic E-state index is 5.47. The van der Waals surface area contributed by atoms with Crippen LogP contribution in [0.2, 0.25) is 0 Å². The van der Waals surface area contributed by atoms with Gasteiger partial charge < -0.3 is 15.0 Å². The third-order valence-corrected chi connectivity index (χ3v) is 4.34. The standard InChI is InChI=1S/C16H34N2O/c1-4-17-14-16(10-8-6-7-9-11-16)15-18(3)12-13-19-5-2/h17H,4-15H2,1-3H3. The second kappa shape index (κ2) is 9.73. The lowest BCUT2D eigenvalue weighted by molar-refractivity contribution is 0.0924. The van der Waals surface area contributed by atoms with E-state index in [0.717, 1.165) is 26.3 Å². The lowest BCUT2D eigenvalue weighted by atomic mass is 9.79. The van der Waals surface area contributed by atoms with Gasteiger partial charge in [-0.3, -0.25) is 0 Å². The molecule has 114 valence electrons. The van der Waals surface area contributed by atoms with Gasteiger partial charge in [0.05, 0.1) is 6.61 Å². The summed E-state index contributed by atoms with van der Waals surface area (Å²) in [4.78, 5) is 2.47. The smallest absolute Gasteiger partial charge is 0.0593 e. The van der Waals surface area contributed by atoms with E-state index in [2.05, 4.69) is 31.1 Å². The predicted octanol–water partition coefficient (Wildman–Crippen LogP) is 2.90. The highest BCUT2D eigenvalue weighted by molar-refractivity contribution is 4.86. The van der Waals surface area contributed by atoms with E-state index in [1.165, 1.54) is 51.6 Å². The van der Waals surface area contributed by atoms with Gasteiger partial charge >= 0.3 is 0 Å². The molecule has 1 saturated carbocycles. The lowest BCUT2D eigenvalue weighted by Gasteiger charge is -2.37. The first-order chi connectivity index (χ1) is 9.22. The second-order valence-electron chi connectivity index (χ2n) is 6.13. The zero-order valence-corrected chi connectivity index (χ0v) is 13.3. The van der Waals surface area contributed by atoms with Crippen LogP contribution in [-0.2, 0) is 4.74 Å². The van der Waals surface area contributed by atoms with Crippen LogP contribution >= 0.6 is 0 Å².